The van der Waals surface area contributed by atoms with Crippen LogP contribution in [0.3, 0.4) is 0 Å². The van der Waals surface area contributed by atoms with Gasteiger partial charge in [0.1, 0.15) is 0 Å². The summed E-state index contributed by atoms with van der Waals surface area (Å²) in [5, 5.41) is 6.71. The Kier molecular flexibility index (Phi) is 5.04. The first-order valence-electron chi connectivity index (χ1n) is 7.70. The predicted octanol–water partition coefficient (Wildman–Crippen LogP) is 2.46. The molecule has 0 aromatic heterocycles. The van der Waals surface area contributed by atoms with E-state index < -0.39 is 0 Å². The number of rotatable bonds is 2. The summed E-state index contributed by atoms with van der Waals surface area (Å²) >= 11 is 0. The maximum atomic E-state index is 12.3. The van der Waals surface area contributed by atoms with Crippen molar-refractivity contribution in [3.05, 3.63) is 0 Å². The van der Waals surface area contributed by atoms with Gasteiger partial charge in [0.05, 0.1) is 5.92 Å². The maximum absolute atomic E-state index is 12.3. The van der Waals surface area contributed by atoms with Gasteiger partial charge < -0.3 is 10.6 Å². The van der Waals surface area contributed by atoms with E-state index in [-0.39, 0.29) is 11.8 Å². The minimum Gasteiger partial charge on any atom is -0.353 e. The highest BCUT2D eigenvalue weighted by atomic mass is 16.2. The van der Waals surface area contributed by atoms with Crippen molar-refractivity contribution >= 4 is 5.91 Å². The molecule has 4 unspecified atom stereocenters. The Morgan fingerprint density at radius 1 is 1.06 bits per heavy atom. The predicted molar refractivity (Wildman–Crippen MR) is 74.4 cm³/mol. The molecule has 2 fully saturated rings. The maximum Gasteiger partial charge on any atom is 0.224 e. The van der Waals surface area contributed by atoms with Gasteiger partial charge in [-0.05, 0) is 51.5 Å². The summed E-state index contributed by atoms with van der Waals surface area (Å²) in [5.74, 6) is 1.30. The Hall–Kier alpha value is -0.570. The van der Waals surface area contributed by atoms with Crippen molar-refractivity contribution in [1.82, 2.24) is 10.6 Å². The van der Waals surface area contributed by atoms with Crippen molar-refractivity contribution in [1.29, 1.82) is 0 Å². The monoisotopic (exact) mass is 252 g/mol. The zero-order chi connectivity index (χ0) is 13.0. The lowest BCUT2D eigenvalue weighted by Crippen LogP contribution is -2.49. The van der Waals surface area contributed by atoms with Crippen molar-refractivity contribution in [2.75, 3.05) is 6.54 Å². The Morgan fingerprint density at radius 3 is 2.67 bits per heavy atom. The molecule has 1 saturated carbocycles. The van der Waals surface area contributed by atoms with E-state index in [9.17, 15) is 4.79 Å². The molecule has 2 rings (SSSR count). The number of piperidine rings is 1. The van der Waals surface area contributed by atoms with Crippen molar-refractivity contribution < 1.29 is 4.79 Å². The summed E-state index contributed by atoms with van der Waals surface area (Å²) in [6.07, 6.45) is 8.38. The van der Waals surface area contributed by atoms with Crippen LogP contribution >= 0.6 is 0 Å². The number of nitrogens with one attached hydrogen (secondary N) is 2. The fraction of sp³-hybridized carbons (Fsp3) is 0.933. The number of carbonyl (C=O) groups excluding carboxylic acids is 1. The highest BCUT2D eigenvalue weighted by Crippen LogP contribution is 2.23. The average Bonchev–Trinajstić information content (AvgIpc) is 2.55. The number of carbonyl (C=O) groups is 1. The largest absolute Gasteiger partial charge is 0.353 e. The quantitative estimate of drug-likeness (QED) is 0.741. The van der Waals surface area contributed by atoms with Gasteiger partial charge in [-0.1, -0.05) is 19.8 Å². The highest BCUT2D eigenvalue weighted by molar-refractivity contribution is 5.79. The van der Waals surface area contributed by atoms with Crippen molar-refractivity contribution in [2.45, 2.75) is 70.9 Å². The normalized spacial score (nSPS) is 37.9. The van der Waals surface area contributed by atoms with Crippen LogP contribution in [-0.4, -0.2) is 24.5 Å². The second-order valence-electron chi connectivity index (χ2n) is 6.31. The lowest BCUT2D eigenvalue weighted by molar-refractivity contribution is -0.127. The molecule has 1 amide bonds. The standard InChI is InChI=1S/C15H28N2O/c1-11-5-3-6-13(9-8-11)17-15(18)14-7-4-10-16-12(14)2/h11-14,16H,3-10H2,1-2H3,(H,17,18). The summed E-state index contributed by atoms with van der Waals surface area (Å²) in [6, 6.07) is 0.764. The van der Waals surface area contributed by atoms with Crippen LogP contribution < -0.4 is 10.6 Å². The van der Waals surface area contributed by atoms with Crippen molar-refractivity contribution in [3.63, 3.8) is 0 Å². The summed E-state index contributed by atoms with van der Waals surface area (Å²) in [4.78, 5) is 12.3. The SMILES string of the molecule is CC1CCCC(NC(=O)C2CCCNC2C)CC1. The van der Waals surface area contributed by atoms with Crippen molar-refractivity contribution in [2.24, 2.45) is 11.8 Å². The number of amides is 1. The molecule has 1 heterocycles. The highest BCUT2D eigenvalue weighted by Gasteiger charge is 2.29. The van der Waals surface area contributed by atoms with E-state index in [1.165, 1.54) is 32.1 Å². The van der Waals surface area contributed by atoms with Gasteiger partial charge in [0, 0.05) is 12.1 Å². The van der Waals surface area contributed by atoms with E-state index in [1.807, 2.05) is 0 Å². The molecule has 1 aliphatic heterocycles. The van der Waals surface area contributed by atoms with E-state index in [4.69, 9.17) is 0 Å². The van der Waals surface area contributed by atoms with Crippen LogP contribution in [0.4, 0.5) is 0 Å². The van der Waals surface area contributed by atoms with E-state index >= 15 is 0 Å². The number of hydrogen-bond acceptors (Lipinski definition) is 2. The minimum absolute atomic E-state index is 0.180. The molecule has 0 bridgehead atoms. The Morgan fingerprint density at radius 2 is 1.89 bits per heavy atom. The summed E-state index contributed by atoms with van der Waals surface area (Å²) in [6.45, 7) is 5.53. The second-order valence-corrected chi connectivity index (χ2v) is 6.31. The van der Waals surface area contributed by atoms with Gasteiger partial charge in [0.2, 0.25) is 5.91 Å². The van der Waals surface area contributed by atoms with E-state index in [0.29, 0.717) is 12.1 Å². The van der Waals surface area contributed by atoms with Gasteiger partial charge in [0.15, 0.2) is 0 Å². The first kappa shape index (κ1) is 13.9. The molecular weight excluding hydrogens is 224 g/mol. The summed E-state index contributed by atoms with van der Waals surface area (Å²) in [5.41, 5.74) is 0. The number of hydrogen-bond donors (Lipinski definition) is 2. The van der Waals surface area contributed by atoms with E-state index in [0.717, 1.165) is 25.3 Å². The molecule has 0 radical (unpaired) electrons. The molecule has 0 aromatic carbocycles. The van der Waals surface area contributed by atoms with Crippen LogP contribution in [0.1, 0.15) is 58.8 Å². The fourth-order valence-electron chi connectivity index (χ4n) is 3.34. The molecule has 0 aromatic rings. The molecule has 2 aliphatic rings. The summed E-state index contributed by atoms with van der Waals surface area (Å²) in [7, 11) is 0. The van der Waals surface area contributed by atoms with E-state index in [2.05, 4.69) is 24.5 Å². The Labute approximate surface area is 111 Å². The third kappa shape index (κ3) is 3.71. The summed E-state index contributed by atoms with van der Waals surface area (Å²) < 4.78 is 0. The van der Waals surface area contributed by atoms with Crippen LogP contribution in [-0.2, 0) is 4.79 Å². The second kappa shape index (κ2) is 6.55. The lowest BCUT2D eigenvalue weighted by Gasteiger charge is -2.30. The molecule has 18 heavy (non-hydrogen) atoms. The van der Waals surface area contributed by atoms with Crippen LogP contribution in [0.25, 0.3) is 0 Å². The van der Waals surface area contributed by atoms with Crippen LogP contribution in [0, 0.1) is 11.8 Å². The first-order valence-corrected chi connectivity index (χ1v) is 7.70. The molecular formula is C15H28N2O. The Balaban J connectivity index is 1.82. The minimum atomic E-state index is 0.180. The topological polar surface area (TPSA) is 41.1 Å². The first-order chi connectivity index (χ1) is 8.66. The molecule has 4 atom stereocenters. The van der Waals surface area contributed by atoms with Crippen LogP contribution in [0.5, 0.6) is 0 Å². The van der Waals surface area contributed by atoms with E-state index in [1.54, 1.807) is 0 Å². The molecule has 2 N–H and O–H groups in total. The fourth-order valence-corrected chi connectivity index (χ4v) is 3.34. The van der Waals surface area contributed by atoms with Gasteiger partial charge in [-0.25, -0.2) is 0 Å². The van der Waals surface area contributed by atoms with Gasteiger partial charge in [-0.2, -0.15) is 0 Å². The lowest BCUT2D eigenvalue weighted by atomic mass is 9.90. The Bertz CT molecular complexity index is 280. The van der Waals surface area contributed by atoms with Gasteiger partial charge in [-0.15, -0.1) is 0 Å². The molecule has 0 spiro atoms. The molecule has 1 saturated heterocycles. The molecule has 104 valence electrons. The van der Waals surface area contributed by atoms with Crippen molar-refractivity contribution in [3.8, 4) is 0 Å². The van der Waals surface area contributed by atoms with Crippen LogP contribution in [0.2, 0.25) is 0 Å². The molecule has 3 nitrogen and oxygen atoms in total. The third-order valence-corrected chi connectivity index (χ3v) is 4.70. The molecule has 1 aliphatic carbocycles. The zero-order valence-electron chi connectivity index (χ0n) is 11.9. The third-order valence-electron chi connectivity index (χ3n) is 4.70. The van der Waals surface area contributed by atoms with Gasteiger partial charge in [0.25, 0.3) is 0 Å². The van der Waals surface area contributed by atoms with Gasteiger partial charge in [-0.3, -0.25) is 4.79 Å². The molecule has 3 heteroatoms. The zero-order valence-corrected chi connectivity index (χ0v) is 11.9. The average molecular weight is 252 g/mol. The van der Waals surface area contributed by atoms with Crippen LogP contribution in [0.15, 0.2) is 0 Å². The smallest absolute Gasteiger partial charge is 0.224 e. The van der Waals surface area contributed by atoms with Gasteiger partial charge >= 0.3 is 0 Å².